The number of nitrogens with two attached hydrogens (primary N) is 1. The van der Waals surface area contributed by atoms with Crippen molar-refractivity contribution in [1.29, 1.82) is 0 Å². The molecule has 1 aromatic carbocycles. The number of hydrogen-bond acceptors (Lipinski definition) is 5. The molecule has 0 aliphatic rings. The van der Waals surface area contributed by atoms with Gasteiger partial charge in [-0.05, 0) is 5.56 Å². The minimum Gasteiger partial charge on any atom is -0.466 e. The molecule has 6 nitrogen and oxygen atoms in total. The van der Waals surface area contributed by atoms with Gasteiger partial charge in [-0.15, -0.1) is 0 Å². The minimum absolute atomic E-state index is 0.0239. The molecule has 0 heterocycles. The molecular weight excluding hydrogens is 262 g/mol. The van der Waals surface area contributed by atoms with Crippen LogP contribution >= 0.6 is 0 Å². The lowest BCUT2D eigenvalue weighted by Gasteiger charge is -2.14. The normalized spacial score (nSPS) is 11.4. The molecule has 1 atom stereocenters. The van der Waals surface area contributed by atoms with Gasteiger partial charge in [0.1, 0.15) is 0 Å². The number of primary amides is 1. The van der Waals surface area contributed by atoms with Crippen molar-refractivity contribution in [3.63, 3.8) is 0 Å². The molecule has 0 saturated carbocycles. The molecule has 0 aromatic heterocycles. The Morgan fingerprint density at radius 2 is 1.75 bits per heavy atom. The van der Waals surface area contributed by atoms with Crippen molar-refractivity contribution in [3.8, 4) is 0 Å². The van der Waals surface area contributed by atoms with Crippen LogP contribution in [0.25, 0.3) is 0 Å². The maximum Gasteiger partial charge on any atom is 0.344 e. The van der Waals surface area contributed by atoms with E-state index in [9.17, 15) is 14.4 Å². The largest absolute Gasteiger partial charge is 0.466 e. The van der Waals surface area contributed by atoms with Gasteiger partial charge in [0.05, 0.1) is 13.5 Å². The van der Waals surface area contributed by atoms with E-state index >= 15 is 0 Å². The second kappa shape index (κ2) is 7.93. The fraction of sp³-hybridized carbons (Fsp3) is 0.357. The van der Waals surface area contributed by atoms with Crippen LogP contribution < -0.4 is 5.73 Å². The van der Waals surface area contributed by atoms with Gasteiger partial charge in [-0.3, -0.25) is 9.59 Å². The van der Waals surface area contributed by atoms with E-state index in [-0.39, 0.29) is 18.8 Å². The summed E-state index contributed by atoms with van der Waals surface area (Å²) in [5, 5.41) is 0. The van der Waals surface area contributed by atoms with Crippen molar-refractivity contribution < 1.29 is 23.9 Å². The van der Waals surface area contributed by atoms with Crippen LogP contribution in [-0.2, 0) is 23.9 Å². The standard InChI is InChI=1S/C14H17NO5/c1-19-14(18)9-20-13(17)8-11(7-12(15)16)10-5-3-2-4-6-10/h2-6,11H,7-9H2,1H3,(H2,15,16)/t11-/m1/s1. The predicted molar refractivity (Wildman–Crippen MR) is 70.6 cm³/mol. The molecule has 0 aliphatic carbocycles. The Morgan fingerprint density at radius 1 is 1.10 bits per heavy atom. The number of ether oxygens (including phenoxy) is 2. The third-order valence-electron chi connectivity index (χ3n) is 2.71. The summed E-state index contributed by atoms with van der Waals surface area (Å²) in [4.78, 5) is 33.6. The highest BCUT2D eigenvalue weighted by Crippen LogP contribution is 2.23. The highest BCUT2D eigenvalue weighted by atomic mass is 16.6. The van der Waals surface area contributed by atoms with Crippen molar-refractivity contribution in [3.05, 3.63) is 35.9 Å². The number of carbonyl (C=O) groups is 3. The van der Waals surface area contributed by atoms with E-state index in [1.165, 1.54) is 7.11 Å². The zero-order valence-electron chi connectivity index (χ0n) is 11.2. The summed E-state index contributed by atoms with van der Waals surface area (Å²) in [6.45, 7) is -0.437. The second-order valence-corrected chi connectivity index (χ2v) is 4.22. The van der Waals surface area contributed by atoms with Gasteiger partial charge in [0, 0.05) is 12.3 Å². The van der Waals surface area contributed by atoms with Gasteiger partial charge in [-0.2, -0.15) is 0 Å². The minimum atomic E-state index is -0.635. The Kier molecular flexibility index (Phi) is 6.22. The SMILES string of the molecule is COC(=O)COC(=O)C[C@@H](CC(N)=O)c1ccccc1. The quantitative estimate of drug-likeness (QED) is 0.743. The van der Waals surface area contributed by atoms with E-state index in [0.29, 0.717) is 0 Å². The molecule has 1 aromatic rings. The average molecular weight is 279 g/mol. The molecule has 0 fully saturated rings. The van der Waals surface area contributed by atoms with Crippen LogP contribution in [0.3, 0.4) is 0 Å². The maximum atomic E-state index is 11.6. The summed E-state index contributed by atoms with van der Waals surface area (Å²) < 4.78 is 9.13. The highest BCUT2D eigenvalue weighted by Gasteiger charge is 2.19. The lowest BCUT2D eigenvalue weighted by molar-refractivity contribution is -0.157. The number of benzene rings is 1. The summed E-state index contributed by atoms with van der Waals surface area (Å²) in [6, 6.07) is 9.06. The molecule has 108 valence electrons. The van der Waals surface area contributed by atoms with Gasteiger partial charge < -0.3 is 15.2 Å². The molecule has 2 N–H and O–H groups in total. The Hall–Kier alpha value is -2.37. The van der Waals surface area contributed by atoms with Crippen LogP contribution in [-0.4, -0.2) is 31.6 Å². The zero-order valence-corrected chi connectivity index (χ0v) is 11.2. The van der Waals surface area contributed by atoms with Crippen molar-refractivity contribution in [2.75, 3.05) is 13.7 Å². The van der Waals surface area contributed by atoms with E-state index in [4.69, 9.17) is 10.5 Å². The second-order valence-electron chi connectivity index (χ2n) is 4.22. The molecule has 0 radical (unpaired) electrons. The summed E-state index contributed by atoms with van der Waals surface area (Å²) in [5.41, 5.74) is 6.01. The molecule has 0 bridgehead atoms. The smallest absolute Gasteiger partial charge is 0.344 e. The van der Waals surface area contributed by atoms with Gasteiger partial charge in [0.2, 0.25) is 5.91 Å². The number of carbonyl (C=O) groups excluding carboxylic acids is 3. The van der Waals surface area contributed by atoms with Gasteiger partial charge >= 0.3 is 11.9 Å². The van der Waals surface area contributed by atoms with Gasteiger partial charge in [0.25, 0.3) is 0 Å². The highest BCUT2D eigenvalue weighted by molar-refractivity contribution is 5.79. The van der Waals surface area contributed by atoms with Crippen LogP contribution in [0, 0.1) is 0 Å². The molecule has 20 heavy (non-hydrogen) atoms. The third-order valence-corrected chi connectivity index (χ3v) is 2.71. The molecule has 1 amide bonds. The monoisotopic (exact) mass is 279 g/mol. The lowest BCUT2D eigenvalue weighted by atomic mass is 9.92. The van der Waals surface area contributed by atoms with Crippen molar-refractivity contribution in [2.24, 2.45) is 5.73 Å². The number of esters is 2. The Balaban J connectivity index is 2.63. The molecular formula is C14H17NO5. The Morgan fingerprint density at radius 3 is 2.30 bits per heavy atom. The van der Waals surface area contributed by atoms with Crippen LogP contribution in [0.4, 0.5) is 0 Å². The van der Waals surface area contributed by atoms with Crippen LogP contribution in [0.5, 0.6) is 0 Å². The van der Waals surface area contributed by atoms with Crippen LogP contribution in [0.15, 0.2) is 30.3 Å². The summed E-state index contributed by atoms with van der Waals surface area (Å²) in [5.74, 6) is -2.08. The molecule has 0 saturated heterocycles. The first kappa shape index (κ1) is 15.7. The van der Waals surface area contributed by atoms with E-state index in [1.807, 2.05) is 18.2 Å². The van der Waals surface area contributed by atoms with Crippen LogP contribution in [0.2, 0.25) is 0 Å². The Labute approximate surface area is 116 Å². The first-order chi connectivity index (χ1) is 9.52. The zero-order chi connectivity index (χ0) is 15.0. The van der Waals surface area contributed by atoms with Gasteiger partial charge in [0.15, 0.2) is 6.61 Å². The molecule has 0 unspecified atom stereocenters. The first-order valence-electron chi connectivity index (χ1n) is 6.08. The molecule has 0 aliphatic heterocycles. The number of hydrogen-bond donors (Lipinski definition) is 1. The Bertz CT molecular complexity index is 472. The van der Waals surface area contributed by atoms with Gasteiger partial charge in [-0.1, -0.05) is 30.3 Å². The predicted octanol–water partition coefficient (Wildman–Crippen LogP) is 0.752. The number of methoxy groups -OCH3 is 1. The van der Waals surface area contributed by atoms with E-state index < -0.39 is 24.5 Å². The fourth-order valence-electron chi connectivity index (χ4n) is 1.73. The van der Waals surface area contributed by atoms with E-state index in [1.54, 1.807) is 12.1 Å². The van der Waals surface area contributed by atoms with Crippen molar-refractivity contribution in [2.45, 2.75) is 18.8 Å². The van der Waals surface area contributed by atoms with Crippen molar-refractivity contribution in [1.82, 2.24) is 0 Å². The fourth-order valence-corrected chi connectivity index (χ4v) is 1.73. The summed E-state index contributed by atoms with van der Waals surface area (Å²) in [6.07, 6.45) is 0.0152. The van der Waals surface area contributed by atoms with Crippen LogP contribution in [0.1, 0.15) is 24.3 Å². The van der Waals surface area contributed by atoms with E-state index in [2.05, 4.69) is 4.74 Å². The molecule has 0 spiro atoms. The lowest BCUT2D eigenvalue weighted by Crippen LogP contribution is -2.20. The van der Waals surface area contributed by atoms with Gasteiger partial charge in [-0.25, -0.2) is 4.79 Å². The maximum absolute atomic E-state index is 11.6. The van der Waals surface area contributed by atoms with E-state index in [0.717, 1.165) is 5.56 Å². The summed E-state index contributed by atoms with van der Waals surface area (Å²) in [7, 11) is 1.20. The molecule has 6 heteroatoms. The first-order valence-corrected chi connectivity index (χ1v) is 6.08. The number of rotatable bonds is 7. The molecule has 1 rings (SSSR count). The average Bonchev–Trinajstić information content (AvgIpc) is 2.44. The summed E-state index contributed by atoms with van der Waals surface area (Å²) >= 11 is 0. The third kappa shape index (κ3) is 5.51. The topological polar surface area (TPSA) is 95.7 Å². The number of amides is 1. The van der Waals surface area contributed by atoms with Crippen molar-refractivity contribution >= 4 is 17.8 Å².